The summed E-state index contributed by atoms with van der Waals surface area (Å²) < 4.78 is 0. The number of amides is 1. The van der Waals surface area contributed by atoms with Crippen LogP contribution in [0.15, 0.2) is 41.9 Å². The van der Waals surface area contributed by atoms with E-state index in [-0.39, 0.29) is 12.5 Å². The van der Waals surface area contributed by atoms with E-state index in [0.717, 1.165) is 5.56 Å². The predicted molar refractivity (Wildman–Crippen MR) is 61.4 cm³/mol. The number of halogens is 1. The molecule has 3 N–H and O–H groups in total. The van der Waals surface area contributed by atoms with Crippen molar-refractivity contribution in [1.82, 2.24) is 5.32 Å². The summed E-state index contributed by atoms with van der Waals surface area (Å²) >= 11 is 5.52. The minimum Gasteiger partial charge on any atom is -0.350 e. The van der Waals surface area contributed by atoms with E-state index in [1.165, 1.54) is 0 Å². The molecule has 1 unspecified atom stereocenters. The lowest BCUT2D eigenvalue weighted by atomic mass is 10.1. The molecule has 0 bridgehead atoms. The van der Waals surface area contributed by atoms with Gasteiger partial charge in [0.05, 0.1) is 6.54 Å². The summed E-state index contributed by atoms with van der Waals surface area (Å²) in [5, 5.41) is 2.96. The number of carbonyl (C=O) groups excluding carboxylic acids is 1. The lowest BCUT2D eigenvalue weighted by molar-refractivity contribution is -0.122. The number of nitrogens with two attached hydrogens (primary N) is 1. The van der Waals surface area contributed by atoms with E-state index in [4.69, 9.17) is 17.3 Å². The topological polar surface area (TPSA) is 55.1 Å². The first kappa shape index (κ1) is 11.8. The molecule has 1 amide bonds. The largest absolute Gasteiger partial charge is 0.350 e. The van der Waals surface area contributed by atoms with Gasteiger partial charge in [-0.15, -0.1) is 0 Å². The molecule has 0 saturated heterocycles. The molecule has 1 atom stereocenters. The molecule has 4 heteroatoms. The fraction of sp³-hybridized carbons (Fsp3) is 0.182. The molecule has 0 aromatic heterocycles. The minimum atomic E-state index is -0.665. The molecule has 0 aliphatic rings. The molecular weight excluding hydrogens is 212 g/mol. The molecule has 1 rings (SSSR count). The molecule has 15 heavy (non-hydrogen) atoms. The highest BCUT2D eigenvalue weighted by Crippen LogP contribution is 2.09. The molecule has 0 saturated carbocycles. The fourth-order valence-corrected chi connectivity index (χ4v) is 1.17. The van der Waals surface area contributed by atoms with Crippen LogP contribution in [0, 0.1) is 0 Å². The summed E-state index contributed by atoms with van der Waals surface area (Å²) in [6, 6.07) is 8.49. The van der Waals surface area contributed by atoms with Crippen LogP contribution in [-0.2, 0) is 4.79 Å². The zero-order valence-corrected chi connectivity index (χ0v) is 9.00. The van der Waals surface area contributed by atoms with Crippen LogP contribution < -0.4 is 11.1 Å². The lowest BCUT2D eigenvalue weighted by Crippen LogP contribution is -2.34. The second kappa shape index (κ2) is 5.53. The van der Waals surface area contributed by atoms with Crippen molar-refractivity contribution >= 4 is 17.5 Å². The van der Waals surface area contributed by atoms with Gasteiger partial charge in [-0.3, -0.25) is 4.79 Å². The monoisotopic (exact) mass is 224 g/mol. The van der Waals surface area contributed by atoms with Crippen LogP contribution in [-0.4, -0.2) is 12.5 Å². The van der Waals surface area contributed by atoms with Crippen LogP contribution in [0.3, 0.4) is 0 Å². The van der Waals surface area contributed by atoms with Crippen LogP contribution in [0.1, 0.15) is 11.6 Å². The van der Waals surface area contributed by atoms with Crippen LogP contribution >= 0.6 is 11.6 Å². The Hall–Kier alpha value is -1.32. The summed E-state index contributed by atoms with van der Waals surface area (Å²) in [6.07, 6.45) is 0. The first-order chi connectivity index (χ1) is 7.11. The molecule has 1 aromatic rings. The highest BCUT2D eigenvalue weighted by atomic mass is 35.5. The molecule has 0 aliphatic carbocycles. The Balaban J connectivity index is 2.57. The van der Waals surface area contributed by atoms with Gasteiger partial charge in [0, 0.05) is 5.03 Å². The summed E-state index contributed by atoms with van der Waals surface area (Å²) in [7, 11) is 0. The maximum absolute atomic E-state index is 11.5. The van der Waals surface area contributed by atoms with Crippen molar-refractivity contribution in [3.63, 3.8) is 0 Å². The van der Waals surface area contributed by atoms with E-state index in [2.05, 4.69) is 11.9 Å². The maximum atomic E-state index is 11.5. The van der Waals surface area contributed by atoms with E-state index in [0.29, 0.717) is 5.03 Å². The first-order valence-electron chi connectivity index (χ1n) is 4.53. The molecule has 80 valence electrons. The van der Waals surface area contributed by atoms with Crippen molar-refractivity contribution in [2.45, 2.75) is 6.04 Å². The summed E-state index contributed by atoms with van der Waals surface area (Å²) in [6.45, 7) is 3.71. The fourth-order valence-electron chi connectivity index (χ4n) is 1.10. The molecule has 0 fully saturated rings. The Morgan fingerprint density at radius 1 is 1.47 bits per heavy atom. The van der Waals surface area contributed by atoms with Crippen molar-refractivity contribution in [3.8, 4) is 0 Å². The highest BCUT2D eigenvalue weighted by molar-refractivity contribution is 6.29. The average Bonchev–Trinajstić information content (AvgIpc) is 2.26. The zero-order valence-electron chi connectivity index (χ0n) is 8.24. The average molecular weight is 225 g/mol. The third kappa shape index (κ3) is 3.73. The number of hydrogen-bond acceptors (Lipinski definition) is 2. The normalized spacial score (nSPS) is 11.9. The van der Waals surface area contributed by atoms with Gasteiger partial charge < -0.3 is 11.1 Å². The van der Waals surface area contributed by atoms with Crippen LogP contribution in [0.2, 0.25) is 0 Å². The van der Waals surface area contributed by atoms with Gasteiger partial charge in [0.15, 0.2) is 0 Å². The van der Waals surface area contributed by atoms with Crippen LogP contribution in [0.25, 0.3) is 0 Å². The van der Waals surface area contributed by atoms with E-state index < -0.39 is 6.04 Å². The van der Waals surface area contributed by atoms with Crippen molar-refractivity contribution < 1.29 is 4.79 Å². The minimum absolute atomic E-state index is 0.237. The third-order valence-electron chi connectivity index (χ3n) is 1.90. The highest BCUT2D eigenvalue weighted by Gasteiger charge is 2.14. The molecule has 0 spiro atoms. The molecular formula is C11H13ClN2O. The van der Waals surface area contributed by atoms with Gasteiger partial charge in [-0.2, -0.15) is 0 Å². The van der Waals surface area contributed by atoms with Crippen LogP contribution in [0.4, 0.5) is 0 Å². The Labute approximate surface area is 93.9 Å². The molecule has 1 aromatic carbocycles. The summed E-state index contributed by atoms with van der Waals surface area (Å²) in [4.78, 5) is 11.5. The van der Waals surface area contributed by atoms with Gasteiger partial charge in [-0.1, -0.05) is 48.5 Å². The molecule has 3 nitrogen and oxygen atoms in total. The number of benzene rings is 1. The van der Waals surface area contributed by atoms with Crippen molar-refractivity contribution in [1.29, 1.82) is 0 Å². The maximum Gasteiger partial charge on any atom is 0.241 e. The number of rotatable bonds is 4. The second-order valence-corrected chi connectivity index (χ2v) is 3.66. The van der Waals surface area contributed by atoms with Gasteiger partial charge >= 0.3 is 0 Å². The number of nitrogens with one attached hydrogen (secondary N) is 1. The second-order valence-electron chi connectivity index (χ2n) is 3.12. The molecule has 0 heterocycles. The molecule has 0 radical (unpaired) electrons. The Morgan fingerprint density at radius 3 is 2.60 bits per heavy atom. The Kier molecular flexibility index (Phi) is 4.34. The van der Waals surface area contributed by atoms with Crippen molar-refractivity contribution in [2.24, 2.45) is 5.73 Å². The summed E-state index contributed by atoms with van der Waals surface area (Å²) in [5.74, 6) is -0.261. The number of hydrogen-bond donors (Lipinski definition) is 2. The quantitative estimate of drug-likeness (QED) is 0.816. The first-order valence-corrected chi connectivity index (χ1v) is 4.90. The smallest absolute Gasteiger partial charge is 0.241 e. The van der Waals surface area contributed by atoms with Gasteiger partial charge in [-0.25, -0.2) is 0 Å². The Morgan fingerprint density at radius 2 is 2.07 bits per heavy atom. The number of carbonyl (C=O) groups is 1. The zero-order chi connectivity index (χ0) is 11.3. The van der Waals surface area contributed by atoms with Crippen molar-refractivity contribution in [2.75, 3.05) is 6.54 Å². The summed E-state index contributed by atoms with van der Waals surface area (Å²) in [5.41, 5.74) is 6.51. The van der Waals surface area contributed by atoms with Gasteiger partial charge in [-0.05, 0) is 5.56 Å². The van der Waals surface area contributed by atoms with Gasteiger partial charge in [0.2, 0.25) is 5.91 Å². The van der Waals surface area contributed by atoms with E-state index in [9.17, 15) is 4.79 Å². The standard InChI is InChI=1S/C11H13ClN2O/c1-8(12)7-14-11(15)10(13)9-5-3-2-4-6-9/h2-6,10H,1,7,13H2,(H,14,15). The molecule has 0 aliphatic heterocycles. The van der Waals surface area contributed by atoms with Crippen LogP contribution in [0.5, 0.6) is 0 Å². The Bertz CT molecular complexity index is 351. The van der Waals surface area contributed by atoms with Crippen molar-refractivity contribution in [3.05, 3.63) is 47.5 Å². The van der Waals surface area contributed by atoms with Gasteiger partial charge in [0.1, 0.15) is 6.04 Å². The third-order valence-corrected chi connectivity index (χ3v) is 2.03. The van der Waals surface area contributed by atoms with E-state index in [1.54, 1.807) is 12.1 Å². The SMILES string of the molecule is C=C(Cl)CNC(=O)C(N)c1ccccc1. The van der Waals surface area contributed by atoms with Gasteiger partial charge in [0.25, 0.3) is 0 Å². The van der Waals surface area contributed by atoms with E-state index >= 15 is 0 Å². The lowest BCUT2D eigenvalue weighted by Gasteiger charge is -2.11. The van der Waals surface area contributed by atoms with E-state index in [1.807, 2.05) is 18.2 Å². The predicted octanol–water partition coefficient (Wildman–Crippen LogP) is 1.56.